The van der Waals surface area contributed by atoms with Crippen molar-refractivity contribution in [3.63, 3.8) is 0 Å². The smallest absolute Gasteiger partial charge is 0.0406 e. The second kappa shape index (κ2) is 4.77. The Hall–Kier alpha value is -0.530. The number of halogens is 1. The molecule has 0 radical (unpaired) electrons. The minimum Gasteiger partial charge on any atom is -0.311 e. The summed E-state index contributed by atoms with van der Waals surface area (Å²) in [5.74, 6) is 0. The van der Waals surface area contributed by atoms with E-state index in [0.29, 0.717) is 0 Å². The summed E-state index contributed by atoms with van der Waals surface area (Å²) in [6.07, 6.45) is 0. The highest BCUT2D eigenvalue weighted by molar-refractivity contribution is 6.30. The van der Waals surface area contributed by atoms with E-state index in [-0.39, 0.29) is 11.0 Å². The van der Waals surface area contributed by atoms with Gasteiger partial charge in [0.2, 0.25) is 0 Å². The molecule has 0 amide bonds. The molecule has 0 atom stereocenters. The molecular weight excluding hydrogens is 218 g/mol. The maximum Gasteiger partial charge on any atom is 0.0406 e. The van der Waals surface area contributed by atoms with Crippen molar-refractivity contribution in [1.29, 1.82) is 0 Å². The Morgan fingerprint density at radius 3 is 1.94 bits per heavy atom. The molecule has 0 bridgehead atoms. The van der Waals surface area contributed by atoms with Crippen LogP contribution in [0.4, 0.5) is 0 Å². The van der Waals surface area contributed by atoms with E-state index in [9.17, 15) is 0 Å². The zero-order chi connectivity index (χ0) is 12.4. The van der Waals surface area contributed by atoms with E-state index in [1.807, 2.05) is 12.1 Å². The Bertz CT molecular complexity index is 333. The lowest BCUT2D eigenvalue weighted by molar-refractivity contribution is 0.363. The van der Waals surface area contributed by atoms with E-state index < -0.39 is 0 Å². The Morgan fingerprint density at radius 2 is 1.50 bits per heavy atom. The maximum absolute atomic E-state index is 5.90. The first-order valence-electron chi connectivity index (χ1n) is 5.72. The van der Waals surface area contributed by atoms with Crippen molar-refractivity contribution in [2.24, 2.45) is 0 Å². The van der Waals surface area contributed by atoms with Gasteiger partial charge in [0.1, 0.15) is 0 Å². The standard InChI is InChI=1S/C14H22ClN/c1-13(2,3)16-10-14(4,5)11-6-8-12(15)9-7-11/h6-9,16H,10H2,1-5H3. The van der Waals surface area contributed by atoms with Gasteiger partial charge < -0.3 is 5.32 Å². The van der Waals surface area contributed by atoms with Gasteiger partial charge in [0.25, 0.3) is 0 Å². The fraction of sp³-hybridized carbons (Fsp3) is 0.571. The summed E-state index contributed by atoms with van der Waals surface area (Å²) in [5, 5.41) is 4.34. The summed E-state index contributed by atoms with van der Waals surface area (Å²) in [5.41, 5.74) is 1.59. The Kier molecular flexibility index (Phi) is 4.03. The molecule has 90 valence electrons. The van der Waals surface area contributed by atoms with Crippen LogP contribution < -0.4 is 5.32 Å². The lowest BCUT2D eigenvalue weighted by atomic mass is 9.84. The Labute approximate surface area is 104 Å². The highest BCUT2D eigenvalue weighted by Gasteiger charge is 2.22. The fourth-order valence-electron chi connectivity index (χ4n) is 1.49. The number of benzene rings is 1. The number of rotatable bonds is 3. The molecule has 0 unspecified atom stereocenters. The first-order chi connectivity index (χ1) is 7.21. The summed E-state index contributed by atoms with van der Waals surface area (Å²) >= 11 is 5.90. The van der Waals surface area contributed by atoms with Gasteiger partial charge in [-0.3, -0.25) is 0 Å². The van der Waals surface area contributed by atoms with E-state index in [4.69, 9.17) is 11.6 Å². The minimum absolute atomic E-state index is 0.123. The third-order valence-electron chi connectivity index (χ3n) is 2.69. The summed E-state index contributed by atoms with van der Waals surface area (Å²) in [6, 6.07) is 8.12. The molecule has 0 aliphatic carbocycles. The van der Waals surface area contributed by atoms with Gasteiger partial charge in [-0.1, -0.05) is 37.6 Å². The molecule has 0 saturated heterocycles. The highest BCUT2D eigenvalue weighted by atomic mass is 35.5. The van der Waals surface area contributed by atoms with Gasteiger partial charge in [-0.05, 0) is 38.5 Å². The normalized spacial score (nSPS) is 12.9. The van der Waals surface area contributed by atoms with Crippen molar-refractivity contribution in [2.45, 2.75) is 45.6 Å². The molecule has 0 fully saturated rings. The van der Waals surface area contributed by atoms with Crippen LogP contribution in [0.5, 0.6) is 0 Å². The largest absolute Gasteiger partial charge is 0.311 e. The van der Waals surface area contributed by atoms with Crippen molar-refractivity contribution >= 4 is 11.6 Å². The minimum atomic E-state index is 0.123. The summed E-state index contributed by atoms with van der Waals surface area (Å²) in [7, 11) is 0. The van der Waals surface area contributed by atoms with E-state index in [2.05, 4.69) is 52.1 Å². The van der Waals surface area contributed by atoms with E-state index in [0.717, 1.165) is 11.6 Å². The molecule has 0 aromatic heterocycles. The van der Waals surface area contributed by atoms with Crippen molar-refractivity contribution in [3.05, 3.63) is 34.9 Å². The molecule has 0 saturated carbocycles. The van der Waals surface area contributed by atoms with Gasteiger partial charge >= 0.3 is 0 Å². The van der Waals surface area contributed by atoms with Crippen LogP contribution in [0.15, 0.2) is 24.3 Å². The molecule has 2 heteroatoms. The SMILES string of the molecule is CC(C)(C)NCC(C)(C)c1ccc(Cl)cc1. The molecule has 0 heterocycles. The van der Waals surface area contributed by atoms with Gasteiger partial charge in [0.15, 0.2) is 0 Å². The highest BCUT2D eigenvalue weighted by Crippen LogP contribution is 2.24. The summed E-state index contributed by atoms with van der Waals surface area (Å²) < 4.78 is 0. The van der Waals surface area contributed by atoms with Crippen LogP contribution in [0.25, 0.3) is 0 Å². The van der Waals surface area contributed by atoms with E-state index >= 15 is 0 Å². The van der Waals surface area contributed by atoms with E-state index in [1.54, 1.807) is 0 Å². The molecular formula is C14H22ClN. The lowest BCUT2D eigenvalue weighted by Crippen LogP contribution is -2.43. The second-order valence-electron chi connectivity index (χ2n) is 5.99. The molecule has 1 nitrogen and oxygen atoms in total. The quantitative estimate of drug-likeness (QED) is 0.841. The molecule has 16 heavy (non-hydrogen) atoms. The Morgan fingerprint density at radius 1 is 1.00 bits per heavy atom. The number of hydrogen-bond acceptors (Lipinski definition) is 1. The van der Waals surface area contributed by atoms with Crippen LogP contribution in [0.2, 0.25) is 5.02 Å². The molecule has 1 N–H and O–H groups in total. The van der Waals surface area contributed by atoms with Crippen molar-refractivity contribution in [1.82, 2.24) is 5.32 Å². The van der Waals surface area contributed by atoms with Gasteiger partial charge in [0, 0.05) is 22.5 Å². The van der Waals surface area contributed by atoms with Crippen molar-refractivity contribution in [2.75, 3.05) is 6.54 Å². The van der Waals surface area contributed by atoms with Gasteiger partial charge in [-0.15, -0.1) is 0 Å². The maximum atomic E-state index is 5.90. The van der Waals surface area contributed by atoms with Crippen LogP contribution in [0, 0.1) is 0 Å². The van der Waals surface area contributed by atoms with Crippen LogP contribution >= 0.6 is 11.6 Å². The molecule has 0 spiro atoms. The lowest BCUT2D eigenvalue weighted by Gasteiger charge is -2.31. The van der Waals surface area contributed by atoms with Crippen LogP contribution in [-0.2, 0) is 5.41 Å². The topological polar surface area (TPSA) is 12.0 Å². The van der Waals surface area contributed by atoms with Crippen LogP contribution in [-0.4, -0.2) is 12.1 Å². The van der Waals surface area contributed by atoms with Crippen LogP contribution in [0.1, 0.15) is 40.2 Å². The van der Waals surface area contributed by atoms with Crippen molar-refractivity contribution < 1.29 is 0 Å². The zero-order valence-corrected chi connectivity index (χ0v) is 11.7. The molecule has 0 aliphatic rings. The molecule has 1 aromatic rings. The van der Waals surface area contributed by atoms with Crippen molar-refractivity contribution in [3.8, 4) is 0 Å². The van der Waals surface area contributed by atoms with Crippen LogP contribution in [0.3, 0.4) is 0 Å². The first kappa shape index (κ1) is 13.5. The van der Waals surface area contributed by atoms with Gasteiger partial charge in [-0.2, -0.15) is 0 Å². The second-order valence-corrected chi connectivity index (χ2v) is 6.43. The predicted molar refractivity (Wildman–Crippen MR) is 72.2 cm³/mol. The monoisotopic (exact) mass is 239 g/mol. The first-order valence-corrected chi connectivity index (χ1v) is 6.10. The molecule has 0 aliphatic heterocycles. The zero-order valence-electron chi connectivity index (χ0n) is 10.9. The summed E-state index contributed by atoms with van der Waals surface area (Å²) in [4.78, 5) is 0. The molecule has 1 rings (SSSR count). The average Bonchev–Trinajstić information content (AvgIpc) is 2.15. The number of hydrogen-bond donors (Lipinski definition) is 1. The predicted octanol–water partition coefficient (Wildman–Crippen LogP) is 4.01. The third kappa shape index (κ3) is 4.15. The van der Waals surface area contributed by atoms with E-state index in [1.165, 1.54) is 5.56 Å². The third-order valence-corrected chi connectivity index (χ3v) is 2.94. The van der Waals surface area contributed by atoms with Gasteiger partial charge in [-0.25, -0.2) is 0 Å². The fourth-order valence-corrected chi connectivity index (χ4v) is 1.62. The average molecular weight is 240 g/mol. The van der Waals surface area contributed by atoms with Gasteiger partial charge in [0.05, 0.1) is 0 Å². The molecule has 1 aromatic carbocycles. The summed E-state index contributed by atoms with van der Waals surface area (Å²) in [6.45, 7) is 12.0. The number of nitrogens with one attached hydrogen (secondary N) is 1. The Balaban J connectivity index is 2.73.